The second-order valence-corrected chi connectivity index (χ2v) is 3.16. The van der Waals surface area contributed by atoms with E-state index in [1.165, 1.54) is 38.1 Å². The molecule has 2 heterocycles. The smallest absolute Gasteiger partial charge is 0.287 e. The highest BCUT2D eigenvalue weighted by Gasteiger charge is 2.02. The maximum Gasteiger partial charge on any atom is 0.287 e. The molecule has 3 N–H and O–H groups in total. The second kappa shape index (κ2) is 5.92. The number of anilines is 1. The minimum absolute atomic E-state index is 0.0470. The van der Waals surface area contributed by atoms with Gasteiger partial charge in [-0.05, 0) is 32.0 Å². The molecule has 1 aromatic heterocycles. The first-order valence-corrected chi connectivity index (χ1v) is 4.77. The minimum Gasteiger partial charge on any atom is -0.384 e. The molecule has 1 saturated heterocycles. The maximum atomic E-state index is 10.0. The predicted molar refractivity (Wildman–Crippen MR) is 57.4 cm³/mol. The fourth-order valence-electron chi connectivity index (χ4n) is 1.13. The van der Waals surface area contributed by atoms with Crippen molar-refractivity contribution in [1.82, 2.24) is 10.3 Å². The molecular weight excluding hydrogens is 196 g/mol. The zero-order valence-corrected chi connectivity index (χ0v) is 8.35. The van der Waals surface area contributed by atoms with Crippen LogP contribution in [0.5, 0.6) is 0 Å². The molecular formula is C9H14N4O2. The number of nitro groups is 1. The molecule has 1 fully saturated rings. The third-order valence-electron chi connectivity index (χ3n) is 1.94. The van der Waals surface area contributed by atoms with Crippen molar-refractivity contribution < 1.29 is 4.92 Å². The SMILES string of the molecule is C1CCNC1.Nc1ccc([N+](=O)[O-])cn1. The lowest BCUT2D eigenvalue weighted by Gasteiger charge is -1.89. The first-order valence-electron chi connectivity index (χ1n) is 4.77. The van der Waals surface area contributed by atoms with Gasteiger partial charge in [-0.2, -0.15) is 0 Å². The number of aromatic nitrogens is 1. The van der Waals surface area contributed by atoms with Gasteiger partial charge in [-0.15, -0.1) is 0 Å². The van der Waals surface area contributed by atoms with Gasteiger partial charge in [0.25, 0.3) is 5.69 Å². The minimum atomic E-state index is -0.521. The Kier molecular flexibility index (Phi) is 4.49. The van der Waals surface area contributed by atoms with Crippen LogP contribution >= 0.6 is 0 Å². The van der Waals surface area contributed by atoms with Crippen LogP contribution in [0.4, 0.5) is 11.5 Å². The Morgan fingerprint density at radius 1 is 1.40 bits per heavy atom. The molecule has 0 amide bonds. The highest BCUT2D eigenvalue weighted by Crippen LogP contribution is 2.08. The highest BCUT2D eigenvalue weighted by molar-refractivity contribution is 5.35. The van der Waals surface area contributed by atoms with E-state index < -0.39 is 4.92 Å². The van der Waals surface area contributed by atoms with E-state index >= 15 is 0 Å². The molecule has 1 aromatic rings. The van der Waals surface area contributed by atoms with Gasteiger partial charge in [0.05, 0.1) is 4.92 Å². The number of hydrogen-bond donors (Lipinski definition) is 2. The van der Waals surface area contributed by atoms with Crippen LogP contribution in [0.15, 0.2) is 18.3 Å². The van der Waals surface area contributed by atoms with Crippen molar-refractivity contribution in [2.75, 3.05) is 18.8 Å². The standard InChI is InChI=1S/C5H5N3O2.C4H9N/c6-5-2-1-4(3-7-5)8(9)10;1-2-4-5-3-1/h1-3H,(H2,6,7);5H,1-4H2. The van der Waals surface area contributed by atoms with E-state index in [-0.39, 0.29) is 11.5 Å². The van der Waals surface area contributed by atoms with Crippen LogP contribution in [0.2, 0.25) is 0 Å². The van der Waals surface area contributed by atoms with Gasteiger partial charge in [0.15, 0.2) is 0 Å². The summed E-state index contributed by atoms with van der Waals surface area (Å²) >= 11 is 0. The molecule has 6 nitrogen and oxygen atoms in total. The fraction of sp³-hybridized carbons (Fsp3) is 0.444. The van der Waals surface area contributed by atoms with Crippen LogP contribution in [0.25, 0.3) is 0 Å². The topological polar surface area (TPSA) is 94.1 Å². The van der Waals surface area contributed by atoms with Crippen molar-refractivity contribution in [3.05, 3.63) is 28.4 Å². The highest BCUT2D eigenvalue weighted by atomic mass is 16.6. The number of rotatable bonds is 1. The second-order valence-electron chi connectivity index (χ2n) is 3.16. The monoisotopic (exact) mass is 210 g/mol. The number of hydrogen-bond acceptors (Lipinski definition) is 5. The molecule has 2 rings (SSSR count). The van der Waals surface area contributed by atoms with Crippen molar-refractivity contribution in [3.8, 4) is 0 Å². The van der Waals surface area contributed by atoms with Gasteiger partial charge < -0.3 is 11.1 Å². The summed E-state index contributed by atoms with van der Waals surface area (Å²) in [5.74, 6) is 0.283. The zero-order chi connectivity index (χ0) is 11.1. The maximum absolute atomic E-state index is 10.0. The van der Waals surface area contributed by atoms with Crippen LogP contribution in [0.1, 0.15) is 12.8 Å². The lowest BCUT2D eigenvalue weighted by atomic mass is 10.4. The van der Waals surface area contributed by atoms with Crippen molar-refractivity contribution in [1.29, 1.82) is 0 Å². The van der Waals surface area contributed by atoms with Gasteiger partial charge in [-0.25, -0.2) is 4.98 Å². The Labute approximate surface area is 87.7 Å². The molecule has 1 aliphatic heterocycles. The summed E-state index contributed by atoms with van der Waals surface area (Å²) in [5, 5.41) is 13.3. The fourth-order valence-corrected chi connectivity index (χ4v) is 1.13. The van der Waals surface area contributed by atoms with E-state index in [1.807, 2.05) is 0 Å². The molecule has 0 saturated carbocycles. The van der Waals surface area contributed by atoms with Crippen LogP contribution in [-0.4, -0.2) is 23.0 Å². The van der Waals surface area contributed by atoms with Gasteiger partial charge in [-0.3, -0.25) is 10.1 Å². The van der Waals surface area contributed by atoms with Crippen LogP contribution in [0.3, 0.4) is 0 Å². The Hall–Kier alpha value is -1.69. The normalized spacial score (nSPS) is 14.1. The van der Waals surface area contributed by atoms with E-state index in [9.17, 15) is 10.1 Å². The third kappa shape index (κ3) is 4.37. The summed E-state index contributed by atoms with van der Waals surface area (Å²) in [7, 11) is 0. The quantitative estimate of drug-likeness (QED) is 0.531. The molecule has 0 spiro atoms. The lowest BCUT2D eigenvalue weighted by molar-refractivity contribution is -0.385. The average molecular weight is 210 g/mol. The Morgan fingerprint density at radius 3 is 2.40 bits per heavy atom. The van der Waals surface area contributed by atoms with E-state index in [0.29, 0.717) is 0 Å². The summed E-state index contributed by atoms with van der Waals surface area (Å²) in [6.07, 6.45) is 3.90. The number of nitrogen functional groups attached to an aromatic ring is 1. The Bertz CT molecular complexity index is 301. The van der Waals surface area contributed by atoms with E-state index in [1.54, 1.807) is 0 Å². The molecule has 6 heteroatoms. The molecule has 15 heavy (non-hydrogen) atoms. The number of nitrogens with zero attached hydrogens (tertiary/aromatic N) is 2. The van der Waals surface area contributed by atoms with Gasteiger partial charge in [0, 0.05) is 6.07 Å². The Morgan fingerprint density at radius 2 is 2.07 bits per heavy atom. The molecule has 0 atom stereocenters. The van der Waals surface area contributed by atoms with Crippen LogP contribution in [-0.2, 0) is 0 Å². The predicted octanol–water partition coefficient (Wildman–Crippen LogP) is 0.942. The largest absolute Gasteiger partial charge is 0.384 e. The van der Waals surface area contributed by atoms with Crippen LogP contribution in [0, 0.1) is 10.1 Å². The van der Waals surface area contributed by atoms with E-state index in [4.69, 9.17) is 5.73 Å². The first-order chi connectivity index (χ1) is 7.20. The van der Waals surface area contributed by atoms with E-state index in [2.05, 4.69) is 10.3 Å². The van der Waals surface area contributed by atoms with Gasteiger partial charge in [0.1, 0.15) is 12.0 Å². The molecule has 1 aliphatic rings. The number of pyridine rings is 1. The molecule has 0 aromatic carbocycles. The van der Waals surface area contributed by atoms with Crippen molar-refractivity contribution in [2.45, 2.75) is 12.8 Å². The number of nitrogens with two attached hydrogens (primary N) is 1. The van der Waals surface area contributed by atoms with Crippen molar-refractivity contribution in [2.24, 2.45) is 0 Å². The van der Waals surface area contributed by atoms with Gasteiger partial charge in [-0.1, -0.05) is 0 Å². The molecule has 82 valence electrons. The molecule has 0 bridgehead atoms. The van der Waals surface area contributed by atoms with Crippen molar-refractivity contribution >= 4 is 11.5 Å². The average Bonchev–Trinajstić information content (AvgIpc) is 2.76. The van der Waals surface area contributed by atoms with Crippen LogP contribution < -0.4 is 11.1 Å². The summed E-state index contributed by atoms with van der Waals surface area (Å²) in [4.78, 5) is 13.1. The van der Waals surface area contributed by atoms with Crippen molar-refractivity contribution in [3.63, 3.8) is 0 Å². The van der Waals surface area contributed by atoms with Gasteiger partial charge >= 0.3 is 0 Å². The summed E-state index contributed by atoms with van der Waals surface area (Å²) < 4.78 is 0. The summed E-state index contributed by atoms with van der Waals surface area (Å²) in [5.41, 5.74) is 5.15. The lowest BCUT2D eigenvalue weighted by Crippen LogP contribution is -2.03. The summed E-state index contributed by atoms with van der Waals surface area (Å²) in [6.45, 7) is 2.50. The molecule has 0 unspecified atom stereocenters. The molecule has 0 aliphatic carbocycles. The number of nitrogens with one attached hydrogen (secondary N) is 1. The first kappa shape index (κ1) is 11.4. The van der Waals surface area contributed by atoms with E-state index in [0.717, 1.165) is 6.20 Å². The molecule has 0 radical (unpaired) electrons. The van der Waals surface area contributed by atoms with Gasteiger partial charge in [0.2, 0.25) is 0 Å². The summed E-state index contributed by atoms with van der Waals surface area (Å²) in [6, 6.07) is 2.69. The zero-order valence-electron chi connectivity index (χ0n) is 8.35. The Balaban J connectivity index is 0.000000187. The third-order valence-corrected chi connectivity index (χ3v) is 1.94.